The maximum absolute atomic E-state index is 14.2. The molecule has 2 heterocycles. The second-order valence-electron chi connectivity index (χ2n) is 8.24. The number of halogens is 2. The summed E-state index contributed by atoms with van der Waals surface area (Å²) in [6.07, 6.45) is 1.72. The van der Waals surface area contributed by atoms with E-state index in [2.05, 4.69) is 25.8 Å². The smallest absolute Gasteiger partial charge is 0.251 e. The van der Waals surface area contributed by atoms with Gasteiger partial charge in [0.05, 0.1) is 17.0 Å². The van der Waals surface area contributed by atoms with Crippen molar-refractivity contribution in [1.82, 2.24) is 20.5 Å². The van der Waals surface area contributed by atoms with Gasteiger partial charge in [-0.05, 0) is 55.7 Å². The Morgan fingerprint density at radius 3 is 2.73 bits per heavy atom. The zero-order valence-corrected chi connectivity index (χ0v) is 18.0. The molecular weight excluding hydrogens is 428 g/mol. The fourth-order valence-corrected chi connectivity index (χ4v) is 3.31. The van der Waals surface area contributed by atoms with Crippen molar-refractivity contribution in [3.8, 4) is 11.3 Å². The molecule has 3 aromatic rings. The molecule has 1 fully saturated rings. The first-order valence-corrected chi connectivity index (χ1v) is 10.8. The van der Waals surface area contributed by atoms with Crippen LogP contribution in [0.3, 0.4) is 0 Å². The van der Waals surface area contributed by atoms with Gasteiger partial charge in [0.15, 0.2) is 0 Å². The van der Waals surface area contributed by atoms with Crippen LogP contribution in [0.25, 0.3) is 11.3 Å². The van der Waals surface area contributed by atoms with Crippen molar-refractivity contribution in [1.29, 1.82) is 0 Å². The number of aliphatic hydroxyl groups is 1. The van der Waals surface area contributed by atoms with E-state index < -0.39 is 17.6 Å². The third-order valence-electron chi connectivity index (χ3n) is 5.50. The highest BCUT2D eigenvalue weighted by molar-refractivity contribution is 5.95. The van der Waals surface area contributed by atoms with E-state index in [0.29, 0.717) is 36.5 Å². The van der Waals surface area contributed by atoms with Crippen molar-refractivity contribution in [3.63, 3.8) is 0 Å². The van der Waals surface area contributed by atoms with Crippen LogP contribution < -0.4 is 10.6 Å². The molecule has 0 bridgehead atoms. The number of carbonyl (C=O) groups excluding carboxylic acids is 1. The summed E-state index contributed by atoms with van der Waals surface area (Å²) in [4.78, 5) is 16.2. The molecule has 0 unspecified atom stereocenters. The van der Waals surface area contributed by atoms with E-state index in [4.69, 9.17) is 0 Å². The topological polar surface area (TPSA) is 100 Å². The number of hydrogen-bond acceptors (Lipinski definition) is 6. The van der Waals surface area contributed by atoms with E-state index in [1.807, 2.05) is 6.07 Å². The summed E-state index contributed by atoms with van der Waals surface area (Å²) in [7, 11) is 0. The Balaban J connectivity index is 1.28. The summed E-state index contributed by atoms with van der Waals surface area (Å²) in [6.45, 7) is 0.554. The van der Waals surface area contributed by atoms with Crippen molar-refractivity contribution < 1.29 is 18.7 Å². The number of rotatable bonds is 10. The maximum Gasteiger partial charge on any atom is 0.251 e. The molecule has 33 heavy (non-hydrogen) atoms. The number of nitrogens with zero attached hydrogens (tertiary/aromatic N) is 3. The molecule has 0 radical (unpaired) electrons. The lowest BCUT2D eigenvalue weighted by molar-refractivity contribution is 0.0896. The molecule has 1 aromatic carbocycles. The molecule has 1 aliphatic carbocycles. The van der Waals surface area contributed by atoms with Crippen molar-refractivity contribution in [3.05, 3.63) is 71.8 Å². The summed E-state index contributed by atoms with van der Waals surface area (Å²) >= 11 is 0. The molecule has 1 aliphatic rings. The minimum atomic E-state index is -1.23. The molecule has 4 rings (SSSR count). The second-order valence-corrected chi connectivity index (χ2v) is 8.24. The van der Waals surface area contributed by atoms with Crippen LogP contribution in [0.4, 0.5) is 14.6 Å². The van der Waals surface area contributed by atoms with Crippen LogP contribution in [-0.4, -0.2) is 51.1 Å². The summed E-state index contributed by atoms with van der Waals surface area (Å²) < 4.78 is 27.7. The standard InChI is InChI=1S/C24H25F2N5O2/c25-18(14-21-19(26)5-2-11-27-21)8-12-28-22-7-6-20(30-31-22)16-3-1-4-17(13-16)23(32)29-15-24(33)9-10-24/h1-7,11,13,18,33H,8-10,12,14-15H2,(H,28,31)(H,29,32)/t18-/m0/s1. The minimum absolute atomic E-state index is 0.0812. The van der Waals surface area contributed by atoms with Gasteiger partial charge in [0.2, 0.25) is 0 Å². The molecule has 2 aromatic heterocycles. The number of anilines is 1. The molecular formula is C24H25F2N5O2. The zero-order valence-electron chi connectivity index (χ0n) is 18.0. The SMILES string of the molecule is O=C(NCC1(O)CC1)c1cccc(-c2ccc(NCC[C@H](F)Cc3ncccc3F)nn2)c1. The number of amides is 1. The van der Waals surface area contributed by atoms with Crippen LogP contribution in [0, 0.1) is 5.82 Å². The predicted molar refractivity (Wildman–Crippen MR) is 120 cm³/mol. The van der Waals surface area contributed by atoms with E-state index in [9.17, 15) is 18.7 Å². The van der Waals surface area contributed by atoms with Gasteiger partial charge in [0.25, 0.3) is 5.91 Å². The van der Waals surface area contributed by atoms with Gasteiger partial charge < -0.3 is 15.7 Å². The van der Waals surface area contributed by atoms with Crippen LogP contribution in [0.1, 0.15) is 35.3 Å². The Labute approximate surface area is 190 Å². The zero-order chi connectivity index (χ0) is 23.3. The average Bonchev–Trinajstić information content (AvgIpc) is 3.57. The Morgan fingerprint density at radius 2 is 2.00 bits per heavy atom. The quantitative estimate of drug-likeness (QED) is 0.436. The van der Waals surface area contributed by atoms with Gasteiger partial charge in [-0.15, -0.1) is 10.2 Å². The van der Waals surface area contributed by atoms with Gasteiger partial charge in [-0.25, -0.2) is 8.78 Å². The van der Waals surface area contributed by atoms with Crippen molar-refractivity contribution in [2.45, 2.75) is 37.5 Å². The van der Waals surface area contributed by atoms with Gasteiger partial charge in [-0.1, -0.05) is 12.1 Å². The first-order valence-electron chi connectivity index (χ1n) is 10.8. The molecule has 7 nitrogen and oxygen atoms in total. The van der Waals surface area contributed by atoms with E-state index in [-0.39, 0.29) is 31.0 Å². The summed E-state index contributed by atoms with van der Waals surface area (Å²) in [6, 6.07) is 13.2. The van der Waals surface area contributed by atoms with Crippen molar-refractivity contribution in [2.24, 2.45) is 0 Å². The second kappa shape index (κ2) is 9.99. The lowest BCUT2D eigenvalue weighted by Gasteiger charge is -2.11. The molecule has 1 amide bonds. The van der Waals surface area contributed by atoms with E-state index in [0.717, 1.165) is 5.56 Å². The van der Waals surface area contributed by atoms with Gasteiger partial charge in [-0.2, -0.15) is 0 Å². The number of alkyl halides is 1. The van der Waals surface area contributed by atoms with E-state index in [1.54, 1.807) is 30.3 Å². The highest BCUT2D eigenvalue weighted by Crippen LogP contribution is 2.34. The molecule has 0 saturated heterocycles. The van der Waals surface area contributed by atoms with E-state index in [1.165, 1.54) is 18.3 Å². The third kappa shape index (κ3) is 6.29. The third-order valence-corrected chi connectivity index (χ3v) is 5.50. The fraction of sp³-hybridized carbons (Fsp3) is 0.333. The number of aromatic nitrogens is 3. The summed E-state index contributed by atoms with van der Waals surface area (Å²) in [5, 5.41) is 23.9. The molecule has 0 spiro atoms. The number of benzene rings is 1. The maximum atomic E-state index is 14.2. The first kappa shape index (κ1) is 22.7. The lowest BCUT2D eigenvalue weighted by Crippen LogP contribution is -2.33. The number of carbonyl (C=O) groups is 1. The molecule has 0 aliphatic heterocycles. The van der Waals surface area contributed by atoms with Gasteiger partial charge in [0, 0.05) is 36.8 Å². The highest BCUT2D eigenvalue weighted by Gasteiger charge is 2.40. The molecule has 1 saturated carbocycles. The summed E-state index contributed by atoms with van der Waals surface area (Å²) in [5.41, 5.74) is 1.16. The lowest BCUT2D eigenvalue weighted by atomic mass is 10.1. The van der Waals surface area contributed by atoms with Crippen molar-refractivity contribution in [2.75, 3.05) is 18.4 Å². The van der Waals surface area contributed by atoms with Gasteiger partial charge >= 0.3 is 0 Å². The minimum Gasteiger partial charge on any atom is -0.388 e. The highest BCUT2D eigenvalue weighted by atomic mass is 19.1. The first-order chi connectivity index (χ1) is 15.9. The Morgan fingerprint density at radius 1 is 1.15 bits per heavy atom. The predicted octanol–water partition coefficient (Wildman–Crippen LogP) is 3.32. The van der Waals surface area contributed by atoms with Gasteiger partial charge in [-0.3, -0.25) is 9.78 Å². The normalized spacial score (nSPS) is 15.0. The summed E-state index contributed by atoms with van der Waals surface area (Å²) in [5.74, 6) is -0.271. The van der Waals surface area contributed by atoms with Crippen LogP contribution in [0.5, 0.6) is 0 Å². The average molecular weight is 453 g/mol. The Kier molecular flexibility index (Phi) is 6.88. The van der Waals surface area contributed by atoms with Crippen LogP contribution in [0.2, 0.25) is 0 Å². The molecule has 1 atom stereocenters. The Hall–Kier alpha value is -3.46. The Bertz CT molecular complexity index is 1110. The van der Waals surface area contributed by atoms with Crippen LogP contribution >= 0.6 is 0 Å². The fourth-order valence-electron chi connectivity index (χ4n) is 3.31. The van der Waals surface area contributed by atoms with Crippen LogP contribution in [0.15, 0.2) is 54.7 Å². The van der Waals surface area contributed by atoms with Crippen LogP contribution in [-0.2, 0) is 6.42 Å². The van der Waals surface area contributed by atoms with Gasteiger partial charge in [0.1, 0.15) is 17.8 Å². The molecule has 9 heteroatoms. The monoisotopic (exact) mass is 453 g/mol. The van der Waals surface area contributed by atoms with E-state index >= 15 is 0 Å². The molecule has 3 N–H and O–H groups in total. The van der Waals surface area contributed by atoms with Crippen molar-refractivity contribution >= 4 is 11.7 Å². The number of pyridine rings is 1. The molecule has 172 valence electrons. The largest absolute Gasteiger partial charge is 0.388 e. The number of nitrogens with one attached hydrogen (secondary N) is 2. The number of hydrogen-bond donors (Lipinski definition) is 3.